The Morgan fingerprint density at radius 2 is 2.04 bits per heavy atom. The zero-order valence-electron chi connectivity index (χ0n) is 14.6. The van der Waals surface area contributed by atoms with Crippen LogP contribution in [0.3, 0.4) is 0 Å². The first-order valence-electron chi connectivity index (χ1n) is 8.22. The maximum absolute atomic E-state index is 12.5. The molecule has 0 heterocycles. The highest BCUT2D eigenvalue weighted by Crippen LogP contribution is 2.49. The van der Waals surface area contributed by atoms with Crippen molar-refractivity contribution in [1.82, 2.24) is 5.32 Å². The Labute approximate surface area is 150 Å². The topological polar surface area (TPSA) is 84.6 Å². The fraction of sp³-hybridized carbons (Fsp3) is 0.611. The van der Waals surface area contributed by atoms with Crippen LogP contribution in [-0.2, 0) is 16.0 Å². The lowest BCUT2D eigenvalue weighted by Crippen LogP contribution is -2.76. The SMILES string of the molecule is CCOC1CC(N)(C(=O)NCC(O)Cc2ccccc2)C1(C)C.Cl. The van der Waals surface area contributed by atoms with Crippen molar-refractivity contribution in [2.24, 2.45) is 11.1 Å². The molecule has 2 rings (SSSR count). The van der Waals surface area contributed by atoms with Gasteiger partial charge in [-0.15, -0.1) is 12.4 Å². The minimum Gasteiger partial charge on any atom is -0.391 e. The molecule has 4 N–H and O–H groups in total. The molecule has 0 aromatic heterocycles. The largest absolute Gasteiger partial charge is 0.391 e. The fourth-order valence-corrected chi connectivity index (χ4v) is 3.15. The van der Waals surface area contributed by atoms with E-state index in [-0.39, 0.29) is 31.0 Å². The van der Waals surface area contributed by atoms with E-state index in [1.54, 1.807) is 0 Å². The number of carbonyl (C=O) groups excluding carboxylic acids is 1. The van der Waals surface area contributed by atoms with E-state index in [1.807, 2.05) is 51.1 Å². The molecule has 1 aromatic carbocycles. The number of hydrogen-bond donors (Lipinski definition) is 3. The zero-order chi connectivity index (χ0) is 17.1. The molecule has 1 aromatic rings. The zero-order valence-corrected chi connectivity index (χ0v) is 15.4. The van der Waals surface area contributed by atoms with E-state index in [9.17, 15) is 9.90 Å². The third-order valence-corrected chi connectivity index (χ3v) is 5.05. The lowest BCUT2D eigenvalue weighted by molar-refractivity contribution is -0.170. The summed E-state index contributed by atoms with van der Waals surface area (Å²) in [7, 11) is 0. The first-order chi connectivity index (χ1) is 10.8. The molecule has 1 aliphatic rings. The Hall–Kier alpha value is -1.14. The van der Waals surface area contributed by atoms with Gasteiger partial charge in [0.15, 0.2) is 0 Å². The number of halogens is 1. The molecule has 1 fully saturated rings. The number of nitrogens with two attached hydrogens (primary N) is 1. The Kier molecular flexibility index (Phi) is 7.23. The van der Waals surface area contributed by atoms with Crippen molar-refractivity contribution in [3.05, 3.63) is 35.9 Å². The van der Waals surface area contributed by atoms with Crippen LogP contribution in [0.25, 0.3) is 0 Å². The van der Waals surface area contributed by atoms with Gasteiger partial charge in [-0.2, -0.15) is 0 Å². The number of hydrogen-bond acceptors (Lipinski definition) is 4. The molecule has 6 heteroatoms. The maximum Gasteiger partial charge on any atom is 0.240 e. The van der Waals surface area contributed by atoms with Gasteiger partial charge in [-0.25, -0.2) is 0 Å². The van der Waals surface area contributed by atoms with Crippen LogP contribution < -0.4 is 11.1 Å². The molecule has 1 amide bonds. The fourth-order valence-electron chi connectivity index (χ4n) is 3.15. The Bertz CT molecular complexity index is 538. The highest BCUT2D eigenvalue weighted by Gasteiger charge is 2.62. The van der Waals surface area contributed by atoms with E-state index >= 15 is 0 Å². The average Bonchev–Trinajstić information content (AvgIpc) is 2.53. The van der Waals surface area contributed by atoms with Gasteiger partial charge in [-0.3, -0.25) is 4.79 Å². The summed E-state index contributed by atoms with van der Waals surface area (Å²) in [6.45, 7) is 6.66. The van der Waals surface area contributed by atoms with Crippen LogP contribution in [-0.4, -0.2) is 41.9 Å². The lowest BCUT2D eigenvalue weighted by Gasteiger charge is -2.57. The lowest BCUT2D eigenvalue weighted by atomic mass is 9.54. The molecule has 136 valence electrons. The molecule has 0 saturated heterocycles. The Balaban J connectivity index is 0.00000288. The quantitative estimate of drug-likeness (QED) is 0.693. The second-order valence-corrected chi connectivity index (χ2v) is 6.89. The van der Waals surface area contributed by atoms with Crippen LogP contribution in [0.5, 0.6) is 0 Å². The monoisotopic (exact) mass is 356 g/mol. The van der Waals surface area contributed by atoms with Gasteiger partial charge < -0.3 is 20.9 Å². The number of amides is 1. The van der Waals surface area contributed by atoms with Crippen LogP contribution >= 0.6 is 12.4 Å². The number of ether oxygens (including phenoxy) is 1. The first-order valence-corrected chi connectivity index (χ1v) is 8.22. The van der Waals surface area contributed by atoms with Gasteiger partial charge in [-0.1, -0.05) is 44.2 Å². The summed E-state index contributed by atoms with van der Waals surface area (Å²) in [5.74, 6) is -0.217. The normalized spacial score (nSPS) is 26.0. The minimum atomic E-state index is -0.945. The third kappa shape index (κ3) is 4.09. The van der Waals surface area contributed by atoms with Crippen molar-refractivity contribution in [1.29, 1.82) is 0 Å². The van der Waals surface area contributed by atoms with Crippen molar-refractivity contribution in [2.75, 3.05) is 13.2 Å². The second-order valence-electron chi connectivity index (χ2n) is 6.89. The van der Waals surface area contributed by atoms with Crippen molar-refractivity contribution in [2.45, 2.75) is 51.4 Å². The predicted octanol–water partition coefficient (Wildman–Crippen LogP) is 1.66. The standard InChI is InChI=1S/C18H28N2O3.ClH/c1-4-23-15-11-18(19,17(15,2)3)16(22)20-12-14(21)10-13-8-6-5-7-9-13;/h5-9,14-15,21H,4,10-12,19H2,1-3H3,(H,20,22);1H. The van der Waals surface area contributed by atoms with Crippen LogP contribution in [0.1, 0.15) is 32.8 Å². The van der Waals surface area contributed by atoms with E-state index in [2.05, 4.69) is 5.32 Å². The van der Waals surface area contributed by atoms with Crippen LogP contribution in [0, 0.1) is 5.41 Å². The van der Waals surface area contributed by atoms with E-state index in [4.69, 9.17) is 10.5 Å². The van der Waals surface area contributed by atoms with Crippen molar-refractivity contribution < 1.29 is 14.6 Å². The number of rotatable bonds is 7. The molecule has 0 radical (unpaired) electrons. The van der Waals surface area contributed by atoms with Crippen LogP contribution in [0.15, 0.2) is 30.3 Å². The number of nitrogens with one attached hydrogen (secondary N) is 1. The molecule has 3 atom stereocenters. The average molecular weight is 357 g/mol. The molecule has 0 bridgehead atoms. The number of aliphatic hydroxyl groups excluding tert-OH is 1. The van der Waals surface area contributed by atoms with Gasteiger partial charge in [0, 0.05) is 31.4 Å². The summed E-state index contributed by atoms with van der Waals surface area (Å²) in [5.41, 5.74) is 5.98. The van der Waals surface area contributed by atoms with E-state index in [0.29, 0.717) is 19.4 Å². The molecule has 3 unspecified atom stereocenters. The highest BCUT2D eigenvalue weighted by atomic mass is 35.5. The molecule has 1 aliphatic carbocycles. The van der Waals surface area contributed by atoms with Gasteiger partial charge in [-0.05, 0) is 12.5 Å². The third-order valence-electron chi connectivity index (χ3n) is 5.05. The van der Waals surface area contributed by atoms with Gasteiger partial charge in [0.2, 0.25) is 5.91 Å². The second kappa shape index (κ2) is 8.30. The van der Waals surface area contributed by atoms with Crippen molar-refractivity contribution >= 4 is 18.3 Å². The molecular formula is C18H29ClN2O3. The van der Waals surface area contributed by atoms with Crippen LogP contribution in [0.4, 0.5) is 0 Å². The molecule has 5 nitrogen and oxygen atoms in total. The summed E-state index contributed by atoms with van der Waals surface area (Å²) in [4.78, 5) is 12.5. The Morgan fingerprint density at radius 1 is 1.42 bits per heavy atom. The smallest absolute Gasteiger partial charge is 0.240 e. The predicted molar refractivity (Wildman–Crippen MR) is 97.1 cm³/mol. The molecule has 0 spiro atoms. The summed E-state index contributed by atoms with van der Waals surface area (Å²) in [6, 6.07) is 9.71. The van der Waals surface area contributed by atoms with Gasteiger partial charge in [0.25, 0.3) is 0 Å². The molecule has 24 heavy (non-hydrogen) atoms. The van der Waals surface area contributed by atoms with E-state index in [1.165, 1.54) is 0 Å². The van der Waals surface area contributed by atoms with E-state index < -0.39 is 17.1 Å². The molecule has 1 saturated carbocycles. The summed E-state index contributed by atoms with van der Waals surface area (Å²) >= 11 is 0. The van der Waals surface area contributed by atoms with Gasteiger partial charge in [0.1, 0.15) is 5.54 Å². The summed E-state index contributed by atoms with van der Waals surface area (Å²) in [6.07, 6.45) is 0.381. The minimum absolute atomic E-state index is 0. The van der Waals surface area contributed by atoms with Gasteiger partial charge >= 0.3 is 0 Å². The van der Waals surface area contributed by atoms with E-state index in [0.717, 1.165) is 5.56 Å². The number of benzene rings is 1. The van der Waals surface area contributed by atoms with Crippen molar-refractivity contribution in [3.63, 3.8) is 0 Å². The molecule has 0 aliphatic heterocycles. The van der Waals surface area contributed by atoms with Crippen molar-refractivity contribution in [3.8, 4) is 0 Å². The molecular weight excluding hydrogens is 328 g/mol. The Morgan fingerprint density at radius 3 is 2.58 bits per heavy atom. The summed E-state index contributed by atoms with van der Waals surface area (Å²) in [5, 5.41) is 12.9. The number of carbonyl (C=O) groups is 1. The highest BCUT2D eigenvalue weighted by molar-refractivity contribution is 5.88. The van der Waals surface area contributed by atoms with Gasteiger partial charge in [0.05, 0.1) is 12.2 Å². The summed E-state index contributed by atoms with van der Waals surface area (Å²) < 4.78 is 5.63. The van der Waals surface area contributed by atoms with Crippen LogP contribution in [0.2, 0.25) is 0 Å². The maximum atomic E-state index is 12.5. The number of aliphatic hydroxyl groups is 1. The first kappa shape index (κ1) is 20.9.